The van der Waals surface area contributed by atoms with Crippen molar-refractivity contribution in [2.75, 3.05) is 0 Å². The number of Topliss-reactive ketones (excluding diaryl/α,β-unsaturated/α-hetero) is 1. The summed E-state index contributed by atoms with van der Waals surface area (Å²) in [6.07, 6.45) is 0.319. The van der Waals surface area contributed by atoms with Gasteiger partial charge in [-0.15, -0.1) is 0 Å². The number of phenols is 1. The molecule has 0 amide bonds. The van der Waals surface area contributed by atoms with Crippen LogP contribution < -0.4 is 0 Å². The number of ketones is 1. The van der Waals surface area contributed by atoms with Gasteiger partial charge in [0.15, 0.2) is 0 Å². The zero-order chi connectivity index (χ0) is 13.2. The first kappa shape index (κ1) is 13.8. The van der Waals surface area contributed by atoms with Crippen LogP contribution in [0.25, 0.3) is 0 Å². The third-order valence-corrected chi connectivity index (χ3v) is 3.02. The van der Waals surface area contributed by atoms with Gasteiger partial charge in [0.05, 0.1) is 0 Å². The summed E-state index contributed by atoms with van der Waals surface area (Å²) in [6, 6.07) is 4.01. The first-order chi connectivity index (χ1) is 7.84. The van der Waals surface area contributed by atoms with Crippen LogP contribution in [-0.2, 0) is 11.2 Å². The molecule has 0 bridgehead atoms. The van der Waals surface area contributed by atoms with E-state index < -0.39 is 0 Å². The van der Waals surface area contributed by atoms with E-state index in [1.807, 2.05) is 26.0 Å². The predicted molar refractivity (Wildman–Crippen MR) is 70.7 cm³/mol. The van der Waals surface area contributed by atoms with Gasteiger partial charge in [-0.1, -0.05) is 39.8 Å². The molecule has 94 valence electrons. The molecule has 17 heavy (non-hydrogen) atoms. The van der Waals surface area contributed by atoms with Crippen molar-refractivity contribution in [1.29, 1.82) is 0 Å². The first-order valence-electron chi connectivity index (χ1n) is 6.18. The van der Waals surface area contributed by atoms with Crippen LogP contribution in [0.1, 0.15) is 63.1 Å². The number of hydrogen-bond acceptors (Lipinski definition) is 2. The molecule has 0 atom stereocenters. The normalized spacial score (nSPS) is 11.2. The van der Waals surface area contributed by atoms with Crippen molar-refractivity contribution in [3.8, 4) is 5.75 Å². The van der Waals surface area contributed by atoms with Gasteiger partial charge < -0.3 is 5.11 Å². The minimum Gasteiger partial charge on any atom is -0.507 e. The Balaban J connectivity index is 3.36. The molecule has 0 fully saturated rings. The molecule has 0 saturated carbocycles. The monoisotopic (exact) mass is 234 g/mol. The molecule has 1 N–H and O–H groups in total. The topological polar surface area (TPSA) is 37.3 Å². The summed E-state index contributed by atoms with van der Waals surface area (Å²) in [5.41, 5.74) is 2.80. The molecule has 1 aromatic carbocycles. The fourth-order valence-electron chi connectivity index (χ4n) is 2.11. The Morgan fingerprint density at radius 1 is 1.12 bits per heavy atom. The lowest BCUT2D eigenvalue weighted by Gasteiger charge is -2.18. The molecule has 0 saturated heterocycles. The van der Waals surface area contributed by atoms with Gasteiger partial charge in [-0.2, -0.15) is 0 Å². The average molecular weight is 234 g/mol. The molecule has 0 aliphatic carbocycles. The highest BCUT2D eigenvalue weighted by molar-refractivity contribution is 5.79. The van der Waals surface area contributed by atoms with Crippen LogP contribution >= 0.6 is 0 Å². The number of aromatic hydroxyl groups is 1. The van der Waals surface area contributed by atoms with Crippen LogP contribution in [0.15, 0.2) is 12.1 Å². The molecule has 0 spiro atoms. The molecule has 0 heterocycles. The van der Waals surface area contributed by atoms with Crippen LogP contribution in [0.2, 0.25) is 0 Å². The SMILES string of the molecule is CC(=O)Cc1c(C(C)C)ccc(C(C)C)c1O. The van der Waals surface area contributed by atoms with Gasteiger partial charge in [-0.25, -0.2) is 0 Å². The zero-order valence-corrected chi connectivity index (χ0v) is 11.4. The quantitative estimate of drug-likeness (QED) is 0.861. The Morgan fingerprint density at radius 3 is 2.00 bits per heavy atom. The van der Waals surface area contributed by atoms with E-state index in [4.69, 9.17) is 0 Å². The lowest BCUT2D eigenvalue weighted by Crippen LogP contribution is -2.05. The second-order valence-electron chi connectivity index (χ2n) is 5.26. The molecule has 0 aliphatic rings. The third kappa shape index (κ3) is 3.09. The van der Waals surface area contributed by atoms with Gasteiger partial charge in [0.25, 0.3) is 0 Å². The van der Waals surface area contributed by atoms with Crippen molar-refractivity contribution in [2.24, 2.45) is 0 Å². The maximum atomic E-state index is 11.3. The van der Waals surface area contributed by atoms with Crippen molar-refractivity contribution in [3.63, 3.8) is 0 Å². The number of phenolic OH excluding ortho intramolecular Hbond substituents is 1. The number of rotatable bonds is 4. The summed E-state index contributed by atoms with van der Waals surface area (Å²) >= 11 is 0. The molecule has 2 heteroatoms. The highest BCUT2D eigenvalue weighted by Gasteiger charge is 2.17. The van der Waals surface area contributed by atoms with Gasteiger partial charge in [0.1, 0.15) is 11.5 Å². The molecule has 0 aromatic heterocycles. The van der Waals surface area contributed by atoms with E-state index in [1.54, 1.807) is 6.92 Å². The lowest BCUT2D eigenvalue weighted by atomic mass is 9.89. The summed E-state index contributed by atoms with van der Waals surface area (Å²) in [6.45, 7) is 9.80. The molecular formula is C15H22O2. The van der Waals surface area contributed by atoms with Crippen LogP contribution in [0.3, 0.4) is 0 Å². The van der Waals surface area contributed by atoms with Crippen LogP contribution in [0, 0.1) is 0 Å². The Labute approximate surface area is 104 Å². The van der Waals surface area contributed by atoms with Gasteiger partial charge >= 0.3 is 0 Å². The summed E-state index contributed by atoms with van der Waals surface area (Å²) in [5.74, 6) is 0.975. The second-order valence-corrected chi connectivity index (χ2v) is 5.26. The van der Waals surface area contributed by atoms with Crippen molar-refractivity contribution in [3.05, 3.63) is 28.8 Å². The number of carbonyl (C=O) groups excluding carboxylic acids is 1. The molecule has 1 aromatic rings. The van der Waals surface area contributed by atoms with Gasteiger partial charge in [-0.05, 0) is 29.9 Å². The zero-order valence-electron chi connectivity index (χ0n) is 11.4. The largest absolute Gasteiger partial charge is 0.507 e. The van der Waals surface area contributed by atoms with Gasteiger partial charge in [0, 0.05) is 12.0 Å². The van der Waals surface area contributed by atoms with E-state index >= 15 is 0 Å². The van der Waals surface area contributed by atoms with Crippen molar-refractivity contribution in [2.45, 2.75) is 52.9 Å². The van der Waals surface area contributed by atoms with Crippen LogP contribution in [0.5, 0.6) is 5.75 Å². The standard InChI is InChI=1S/C15H22O2/c1-9(2)12-6-7-13(10(3)4)15(17)14(12)8-11(5)16/h6-7,9-10,17H,8H2,1-5H3. The Morgan fingerprint density at radius 2 is 1.59 bits per heavy atom. The van der Waals surface area contributed by atoms with E-state index in [-0.39, 0.29) is 11.7 Å². The van der Waals surface area contributed by atoms with Crippen LogP contribution in [0.4, 0.5) is 0 Å². The Kier molecular flexibility index (Phi) is 4.33. The van der Waals surface area contributed by atoms with E-state index in [0.29, 0.717) is 18.1 Å². The summed E-state index contributed by atoms with van der Waals surface area (Å²) in [5, 5.41) is 10.3. The number of benzene rings is 1. The Hall–Kier alpha value is -1.31. The van der Waals surface area contributed by atoms with E-state index in [9.17, 15) is 9.90 Å². The fraction of sp³-hybridized carbons (Fsp3) is 0.533. The second kappa shape index (κ2) is 5.35. The minimum absolute atomic E-state index is 0.0862. The molecule has 0 radical (unpaired) electrons. The molecule has 1 rings (SSSR count). The number of hydrogen-bond donors (Lipinski definition) is 1. The molecule has 0 aliphatic heterocycles. The smallest absolute Gasteiger partial charge is 0.134 e. The minimum atomic E-state index is 0.0862. The summed E-state index contributed by atoms with van der Waals surface area (Å²) in [7, 11) is 0. The van der Waals surface area contributed by atoms with Crippen molar-refractivity contribution >= 4 is 5.78 Å². The summed E-state index contributed by atoms with van der Waals surface area (Å²) < 4.78 is 0. The third-order valence-electron chi connectivity index (χ3n) is 3.02. The predicted octanol–water partition coefficient (Wildman–Crippen LogP) is 3.77. The maximum absolute atomic E-state index is 11.3. The van der Waals surface area contributed by atoms with E-state index in [0.717, 1.165) is 16.7 Å². The van der Waals surface area contributed by atoms with E-state index in [1.165, 1.54) is 0 Å². The Bertz CT molecular complexity index is 417. The van der Waals surface area contributed by atoms with Crippen molar-refractivity contribution < 1.29 is 9.90 Å². The average Bonchev–Trinajstić information content (AvgIpc) is 2.19. The van der Waals surface area contributed by atoms with Gasteiger partial charge in [0.2, 0.25) is 0 Å². The maximum Gasteiger partial charge on any atom is 0.134 e. The number of carbonyl (C=O) groups is 1. The fourth-order valence-corrected chi connectivity index (χ4v) is 2.11. The molecule has 2 nitrogen and oxygen atoms in total. The van der Waals surface area contributed by atoms with E-state index in [2.05, 4.69) is 13.8 Å². The molecular weight excluding hydrogens is 212 g/mol. The lowest BCUT2D eigenvalue weighted by molar-refractivity contribution is -0.116. The highest BCUT2D eigenvalue weighted by atomic mass is 16.3. The molecule has 0 unspecified atom stereocenters. The van der Waals surface area contributed by atoms with Crippen molar-refractivity contribution in [1.82, 2.24) is 0 Å². The van der Waals surface area contributed by atoms with Gasteiger partial charge in [-0.3, -0.25) is 4.79 Å². The highest BCUT2D eigenvalue weighted by Crippen LogP contribution is 2.34. The first-order valence-corrected chi connectivity index (χ1v) is 6.18. The summed E-state index contributed by atoms with van der Waals surface area (Å²) in [4.78, 5) is 11.3. The van der Waals surface area contributed by atoms with Crippen LogP contribution in [-0.4, -0.2) is 10.9 Å².